The van der Waals surface area contributed by atoms with E-state index in [0.717, 1.165) is 0 Å². The number of thiol groups is 1. The maximum atomic E-state index is 5.00. The van der Waals surface area contributed by atoms with Crippen molar-refractivity contribution in [3.63, 3.8) is 0 Å². The predicted octanol–water partition coefficient (Wildman–Crippen LogP) is 1.35. The van der Waals surface area contributed by atoms with Gasteiger partial charge in [-0.15, -0.1) is 12.6 Å². The number of hydrogen-bond acceptors (Lipinski definition) is 3. The van der Waals surface area contributed by atoms with Crippen LogP contribution in [0.25, 0.3) is 0 Å². The van der Waals surface area contributed by atoms with Crippen molar-refractivity contribution in [2.75, 3.05) is 28.3 Å². The van der Waals surface area contributed by atoms with Gasteiger partial charge in [0.15, 0.2) is 5.17 Å². The fourth-order valence-corrected chi connectivity index (χ4v) is 1.83. The van der Waals surface area contributed by atoms with Crippen LogP contribution in [0.1, 0.15) is 0 Å². The first-order valence-corrected chi connectivity index (χ1v) is 6.17. The molecule has 0 saturated heterocycles. The lowest BCUT2D eigenvalue weighted by Gasteiger charge is -2.16. The fourth-order valence-electron chi connectivity index (χ4n) is 0.355. The van der Waals surface area contributed by atoms with Crippen molar-refractivity contribution >= 4 is 36.2 Å². The minimum absolute atomic E-state index is 0.502. The molecule has 72 valence electrons. The monoisotopic (exact) mass is 228 g/mol. The maximum Gasteiger partial charge on any atom is 0.310 e. The first-order chi connectivity index (χ1) is 5.45. The number of rotatable bonds is 3. The van der Waals surface area contributed by atoms with Gasteiger partial charge in [-0.25, -0.2) is 0 Å². The molecule has 0 atom stereocenters. The van der Waals surface area contributed by atoms with Gasteiger partial charge in [0.1, 0.15) is 0 Å². The molecule has 0 amide bonds. The topological polar surface area (TPSA) is 34.1 Å². The molecule has 0 aromatic heterocycles. The minimum atomic E-state index is -2.49. The first kappa shape index (κ1) is 12.4. The zero-order chi connectivity index (χ0) is 9.78. The Morgan fingerprint density at radius 2 is 1.83 bits per heavy atom. The van der Waals surface area contributed by atoms with Crippen molar-refractivity contribution < 1.29 is 9.05 Å². The molecule has 4 nitrogen and oxygen atoms in total. The number of nitrogens with zero attached hydrogens (tertiary/aromatic N) is 2. The van der Waals surface area contributed by atoms with Crippen LogP contribution in [0.5, 0.6) is 0 Å². The predicted molar refractivity (Wildman–Crippen MR) is 58.4 cm³/mol. The van der Waals surface area contributed by atoms with Crippen LogP contribution in [0.2, 0.25) is 0 Å². The summed E-state index contributed by atoms with van der Waals surface area (Å²) in [4.78, 5) is 1.72. The van der Waals surface area contributed by atoms with Crippen LogP contribution in [-0.4, -0.2) is 38.4 Å². The lowest BCUT2D eigenvalue weighted by Crippen LogP contribution is -2.16. The highest BCUT2D eigenvalue weighted by Gasteiger charge is 2.14. The molecular weight excluding hydrogens is 215 g/mol. The van der Waals surface area contributed by atoms with Crippen molar-refractivity contribution in [2.24, 2.45) is 4.76 Å². The molecular formula is C5H13N2O2PS2. The van der Waals surface area contributed by atoms with Crippen LogP contribution in [0.3, 0.4) is 0 Å². The molecule has 0 unspecified atom stereocenters. The normalized spacial score (nSPS) is 13.2. The second kappa shape index (κ2) is 5.19. The van der Waals surface area contributed by atoms with Crippen LogP contribution in [0, 0.1) is 0 Å². The van der Waals surface area contributed by atoms with Crippen LogP contribution in [0.15, 0.2) is 4.76 Å². The summed E-state index contributed by atoms with van der Waals surface area (Å²) in [5, 5.41) is 0.502. The second-order valence-electron chi connectivity index (χ2n) is 2.13. The number of hydrogen-bond donors (Lipinski definition) is 1. The zero-order valence-corrected chi connectivity index (χ0v) is 10.1. The Morgan fingerprint density at radius 3 is 2.08 bits per heavy atom. The SMILES string of the molecule is COP(=S)(/N=C(\S)N(C)C)OC. The highest BCUT2D eigenvalue weighted by Crippen LogP contribution is 2.48. The lowest BCUT2D eigenvalue weighted by atomic mass is 10.9. The molecule has 0 aliphatic heterocycles. The third-order valence-electron chi connectivity index (χ3n) is 1.07. The summed E-state index contributed by atoms with van der Waals surface area (Å²) in [6, 6.07) is 0. The van der Waals surface area contributed by atoms with Crippen molar-refractivity contribution in [3.8, 4) is 0 Å². The minimum Gasteiger partial charge on any atom is -0.357 e. The summed E-state index contributed by atoms with van der Waals surface area (Å²) in [5.41, 5.74) is 0. The van der Waals surface area contributed by atoms with Gasteiger partial charge in [-0.05, 0) is 11.8 Å². The molecule has 0 aliphatic rings. The summed E-state index contributed by atoms with van der Waals surface area (Å²) in [5.74, 6) is 0. The Hall–Kier alpha value is 0.390. The first-order valence-electron chi connectivity index (χ1n) is 3.13. The van der Waals surface area contributed by atoms with Gasteiger partial charge in [-0.1, -0.05) is 0 Å². The average molecular weight is 228 g/mol. The molecule has 0 fully saturated rings. The smallest absolute Gasteiger partial charge is 0.310 e. The van der Waals surface area contributed by atoms with Gasteiger partial charge in [0.05, 0.1) is 0 Å². The van der Waals surface area contributed by atoms with Crippen LogP contribution in [-0.2, 0) is 20.9 Å². The largest absolute Gasteiger partial charge is 0.357 e. The Kier molecular flexibility index (Phi) is 5.36. The molecule has 0 spiro atoms. The quantitative estimate of drug-likeness (QED) is 0.342. The van der Waals surface area contributed by atoms with E-state index >= 15 is 0 Å². The van der Waals surface area contributed by atoms with E-state index in [4.69, 9.17) is 20.9 Å². The van der Waals surface area contributed by atoms with Gasteiger partial charge in [0, 0.05) is 28.3 Å². The summed E-state index contributed by atoms with van der Waals surface area (Å²) in [6.07, 6.45) is 0. The molecule has 7 heteroatoms. The highest BCUT2D eigenvalue weighted by atomic mass is 32.5. The molecule has 0 N–H and O–H groups in total. The average Bonchev–Trinajstić information content (AvgIpc) is 2.04. The lowest BCUT2D eigenvalue weighted by molar-refractivity contribution is 0.338. The highest BCUT2D eigenvalue weighted by molar-refractivity contribution is 8.10. The molecule has 0 aliphatic carbocycles. The van der Waals surface area contributed by atoms with Gasteiger partial charge in [0.2, 0.25) is 0 Å². The van der Waals surface area contributed by atoms with E-state index in [2.05, 4.69) is 17.4 Å². The van der Waals surface area contributed by atoms with Gasteiger partial charge in [-0.3, -0.25) is 0 Å². The number of amidine groups is 1. The third kappa shape index (κ3) is 3.87. The Bertz CT molecular complexity index is 211. The van der Waals surface area contributed by atoms with Gasteiger partial charge in [-0.2, -0.15) is 4.76 Å². The van der Waals surface area contributed by atoms with E-state index in [1.165, 1.54) is 14.2 Å². The second-order valence-corrected chi connectivity index (χ2v) is 5.78. The summed E-state index contributed by atoms with van der Waals surface area (Å²) >= 11 is 9.11. The third-order valence-corrected chi connectivity index (χ3v) is 4.23. The Morgan fingerprint density at radius 1 is 1.42 bits per heavy atom. The van der Waals surface area contributed by atoms with E-state index in [1.807, 2.05) is 14.1 Å². The Labute approximate surface area is 83.6 Å². The molecule has 0 aromatic rings. The van der Waals surface area contributed by atoms with Gasteiger partial charge in [0.25, 0.3) is 0 Å². The molecule has 0 aromatic carbocycles. The van der Waals surface area contributed by atoms with Crippen LogP contribution in [0.4, 0.5) is 0 Å². The van der Waals surface area contributed by atoms with Crippen molar-refractivity contribution in [2.45, 2.75) is 0 Å². The van der Waals surface area contributed by atoms with Gasteiger partial charge < -0.3 is 13.9 Å². The van der Waals surface area contributed by atoms with Crippen molar-refractivity contribution in [1.29, 1.82) is 0 Å². The maximum absolute atomic E-state index is 5.00. The Balaban J connectivity index is 4.58. The van der Waals surface area contributed by atoms with E-state index < -0.39 is 6.64 Å². The molecule has 0 bridgehead atoms. The molecule has 0 rings (SSSR count). The van der Waals surface area contributed by atoms with Crippen molar-refractivity contribution in [3.05, 3.63) is 0 Å². The van der Waals surface area contributed by atoms with Gasteiger partial charge >= 0.3 is 6.64 Å². The molecule has 0 radical (unpaired) electrons. The van der Waals surface area contributed by atoms with Crippen molar-refractivity contribution in [1.82, 2.24) is 4.90 Å². The molecule has 12 heavy (non-hydrogen) atoms. The van der Waals surface area contributed by atoms with Crippen LogP contribution < -0.4 is 0 Å². The van der Waals surface area contributed by atoms with E-state index in [1.54, 1.807) is 4.90 Å². The van der Waals surface area contributed by atoms with E-state index in [0.29, 0.717) is 5.17 Å². The fraction of sp³-hybridized carbons (Fsp3) is 0.800. The van der Waals surface area contributed by atoms with Crippen LogP contribution >= 0.6 is 19.3 Å². The standard InChI is InChI=1S/C5H13N2O2PS2/c1-7(2)5(11)6-10(12,8-3)9-4/h1-4H3,(H,6,11,12). The molecule has 0 saturated carbocycles. The zero-order valence-electron chi connectivity index (χ0n) is 7.51. The molecule has 0 heterocycles. The van der Waals surface area contributed by atoms with E-state index in [-0.39, 0.29) is 0 Å². The summed E-state index contributed by atoms with van der Waals surface area (Å²) in [6.45, 7) is -2.49. The summed E-state index contributed by atoms with van der Waals surface area (Å²) in [7, 11) is 6.59. The van der Waals surface area contributed by atoms with E-state index in [9.17, 15) is 0 Å². The summed E-state index contributed by atoms with van der Waals surface area (Å²) < 4.78 is 13.9.